The molecular formula is C16H23NO3. The number of nitrogens with one attached hydrogen (secondary N) is 1. The van der Waals surface area contributed by atoms with Crippen LogP contribution in [0.3, 0.4) is 0 Å². The van der Waals surface area contributed by atoms with Crippen molar-refractivity contribution in [3.63, 3.8) is 0 Å². The lowest BCUT2D eigenvalue weighted by molar-refractivity contribution is -0.141. The van der Waals surface area contributed by atoms with E-state index in [1.807, 2.05) is 39.0 Å². The Hall–Kier alpha value is -1.84. The number of benzene rings is 1. The van der Waals surface area contributed by atoms with Crippen molar-refractivity contribution in [1.29, 1.82) is 0 Å². The van der Waals surface area contributed by atoms with Gasteiger partial charge in [-0.25, -0.2) is 0 Å². The molecule has 0 heterocycles. The second kappa shape index (κ2) is 7.68. The first kappa shape index (κ1) is 16.2. The molecule has 4 nitrogen and oxygen atoms in total. The average Bonchev–Trinajstić information content (AvgIpc) is 2.38. The van der Waals surface area contributed by atoms with Gasteiger partial charge in [-0.1, -0.05) is 31.5 Å². The van der Waals surface area contributed by atoms with Gasteiger partial charge >= 0.3 is 5.97 Å². The molecule has 0 bridgehead atoms. The number of carboxylic acids is 1. The number of carboxylic acid groups (broad SMARTS) is 1. The first-order valence-corrected chi connectivity index (χ1v) is 7.00. The Morgan fingerprint density at radius 1 is 1.25 bits per heavy atom. The van der Waals surface area contributed by atoms with Crippen LogP contribution in [0.5, 0.6) is 0 Å². The summed E-state index contributed by atoms with van der Waals surface area (Å²) in [6.07, 6.45) is 1.68. The summed E-state index contributed by atoms with van der Waals surface area (Å²) in [6.45, 7) is 6.10. The number of aryl methyl sites for hydroxylation is 2. The summed E-state index contributed by atoms with van der Waals surface area (Å²) in [5.74, 6) is -1.47. The van der Waals surface area contributed by atoms with Gasteiger partial charge in [-0.2, -0.15) is 0 Å². The van der Waals surface area contributed by atoms with Gasteiger partial charge in [-0.05, 0) is 37.0 Å². The lowest BCUT2D eigenvalue weighted by Crippen LogP contribution is -2.34. The number of amides is 1. The fourth-order valence-corrected chi connectivity index (χ4v) is 2.25. The SMILES string of the molecule is CCCC(CNC(=O)Cc1c(C)cccc1C)C(=O)O. The van der Waals surface area contributed by atoms with E-state index < -0.39 is 11.9 Å². The Kier molecular flexibility index (Phi) is 6.22. The number of hydrogen-bond acceptors (Lipinski definition) is 2. The maximum Gasteiger partial charge on any atom is 0.308 e. The third-order valence-corrected chi connectivity index (χ3v) is 3.51. The van der Waals surface area contributed by atoms with E-state index in [0.29, 0.717) is 12.8 Å². The molecule has 1 atom stereocenters. The molecule has 0 saturated carbocycles. The van der Waals surface area contributed by atoms with Crippen LogP contribution in [-0.4, -0.2) is 23.5 Å². The van der Waals surface area contributed by atoms with E-state index in [-0.39, 0.29) is 12.5 Å². The van der Waals surface area contributed by atoms with Crippen molar-refractivity contribution >= 4 is 11.9 Å². The average molecular weight is 277 g/mol. The van der Waals surface area contributed by atoms with Gasteiger partial charge in [-0.15, -0.1) is 0 Å². The molecule has 1 amide bonds. The van der Waals surface area contributed by atoms with Crippen molar-refractivity contribution in [2.75, 3.05) is 6.54 Å². The maximum atomic E-state index is 11.9. The summed E-state index contributed by atoms with van der Waals surface area (Å²) < 4.78 is 0. The molecule has 1 aromatic carbocycles. The van der Waals surface area contributed by atoms with Crippen LogP contribution in [0.25, 0.3) is 0 Å². The van der Waals surface area contributed by atoms with Crippen LogP contribution in [0, 0.1) is 19.8 Å². The second-order valence-electron chi connectivity index (χ2n) is 5.18. The third-order valence-electron chi connectivity index (χ3n) is 3.51. The highest BCUT2D eigenvalue weighted by Gasteiger charge is 2.17. The van der Waals surface area contributed by atoms with E-state index in [4.69, 9.17) is 5.11 Å². The molecule has 0 aromatic heterocycles. The van der Waals surface area contributed by atoms with Crippen LogP contribution in [0.4, 0.5) is 0 Å². The van der Waals surface area contributed by atoms with Crippen LogP contribution < -0.4 is 5.32 Å². The van der Waals surface area contributed by atoms with Crippen LogP contribution in [0.1, 0.15) is 36.5 Å². The van der Waals surface area contributed by atoms with Gasteiger partial charge in [0.15, 0.2) is 0 Å². The summed E-state index contributed by atoms with van der Waals surface area (Å²) in [5.41, 5.74) is 3.19. The molecule has 1 unspecified atom stereocenters. The molecule has 0 spiro atoms. The molecule has 1 aromatic rings. The topological polar surface area (TPSA) is 66.4 Å². The molecule has 0 radical (unpaired) electrons. The fourth-order valence-electron chi connectivity index (χ4n) is 2.25. The Bertz CT molecular complexity index is 462. The summed E-state index contributed by atoms with van der Waals surface area (Å²) in [5, 5.41) is 11.8. The van der Waals surface area contributed by atoms with E-state index in [0.717, 1.165) is 23.1 Å². The minimum absolute atomic E-state index is 0.121. The zero-order chi connectivity index (χ0) is 15.1. The van der Waals surface area contributed by atoms with Gasteiger partial charge < -0.3 is 10.4 Å². The minimum atomic E-state index is -0.848. The van der Waals surface area contributed by atoms with Crippen molar-refractivity contribution < 1.29 is 14.7 Å². The van der Waals surface area contributed by atoms with E-state index in [2.05, 4.69) is 5.32 Å². The molecule has 20 heavy (non-hydrogen) atoms. The van der Waals surface area contributed by atoms with E-state index in [9.17, 15) is 9.59 Å². The van der Waals surface area contributed by atoms with Crippen molar-refractivity contribution in [2.45, 2.75) is 40.0 Å². The van der Waals surface area contributed by atoms with E-state index in [1.165, 1.54) is 0 Å². The van der Waals surface area contributed by atoms with Gasteiger partial charge in [0.25, 0.3) is 0 Å². The van der Waals surface area contributed by atoms with Gasteiger partial charge in [-0.3, -0.25) is 9.59 Å². The highest BCUT2D eigenvalue weighted by Crippen LogP contribution is 2.14. The number of rotatable bonds is 7. The summed E-state index contributed by atoms with van der Waals surface area (Å²) >= 11 is 0. The predicted octanol–water partition coefficient (Wildman–Crippen LogP) is 2.46. The Morgan fingerprint density at radius 3 is 2.35 bits per heavy atom. The summed E-state index contributed by atoms with van der Waals surface area (Å²) in [7, 11) is 0. The largest absolute Gasteiger partial charge is 0.481 e. The number of hydrogen-bond donors (Lipinski definition) is 2. The Balaban J connectivity index is 2.58. The highest BCUT2D eigenvalue weighted by atomic mass is 16.4. The summed E-state index contributed by atoms with van der Waals surface area (Å²) in [4.78, 5) is 23.0. The van der Waals surface area contributed by atoms with Crippen molar-refractivity contribution in [1.82, 2.24) is 5.32 Å². The minimum Gasteiger partial charge on any atom is -0.481 e. The summed E-state index contributed by atoms with van der Waals surface area (Å²) in [6, 6.07) is 5.92. The first-order chi connectivity index (χ1) is 9.45. The zero-order valence-corrected chi connectivity index (χ0v) is 12.4. The van der Waals surface area contributed by atoms with Gasteiger partial charge in [0.1, 0.15) is 0 Å². The van der Waals surface area contributed by atoms with Gasteiger partial charge in [0.05, 0.1) is 12.3 Å². The normalized spacial score (nSPS) is 11.9. The van der Waals surface area contributed by atoms with Crippen molar-refractivity contribution in [3.05, 3.63) is 34.9 Å². The number of carbonyl (C=O) groups excluding carboxylic acids is 1. The fraction of sp³-hybridized carbons (Fsp3) is 0.500. The number of carbonyl (C=O) groups is 2. The first-order valence-electron chi connectivity index (χ1n) is 7.00. The molecule has 0 aliphatic carbocycles. The monoisotopic (exact) mass is 277 g/mol. The maximum absolute atomic E-state index is 11.9. The molecular weight excluding hydrogens is 254 g/mol. The highest BCUT2D eigenvalue weighted by molar-refractivity contribution is 5.80. The second-order valence-corrected chi connectivity index (χ2v) is 5.18. The zero-order valence-electron chi connectivity index (χ0n) is 12.4. The molecule has 2 N–H and O–H groups in total. The van der Waals surface area contributed by atoms with Crippen LogP contribution in [0.2, 0.25) is 0 Å². The van der Waals surface area contributed by atoms with Gasteiger partial charge in [0, 0.05) is 6.54 Å². The van der Waals surface area contributed by atoms with Crippen LogP contribution in [-0.2, 0) is 16.0 Å². The van der Waals surface area contributed by atoms with E-state index in [1.54, 1.807) is 0 Å². The lowest BCUT2D eigenvalue weighted by atomic mass is 9.99. The van der Waals surface area contributed by atoms with Crippen molar-refractivity contribution in [2.24, 2.45) is 5.92 Å². The van der Waals surface area contributed by atoms with Crippen LogP contribution in [0.15, 0.2) is 18.2 Å². The Labute approximate surface area is 120 Å². The quantitative estimate of drug-likeness (QED) is 0.804. The van der Waals surface area contributed by atoms with E-state index >= 15 is 0 Å². The van der Waals surface area contributed by atoms with Gasteiger partial charge in [0.2, 0.25) is 5.91 Å². The third kappa shape index (κ3) is 4.68. The molecule has 0 aliphatic rings. The molecule has 0 saturated heterocycles. The number of aliphatic carboxylic acids is 1. The molecule has 1 rings (SSSR count). The molecule has 0 aliphatic heterocycles. The van der Waals surface area contributed by atoms with Crippen molar-refractivity contribution in [3.8, 4) is 0 Å². The molecule has 110 valence electrons. The van der Waals surface area contributed by atoms with Crippen LogP contribution >= 0.6 is 0 Å². The Morgan fingerprint density at radius 2 is 1.85 bits per heavy atom. The predicted molar refractivity (Wildman–Crippen MR) is 78.7 cm³/mol. The molecule has 0 fully saturated rings. The lowest BCUT2D eigenvalue weighted by Gasteiger charge is -2.14. The molecule has 4 heteroatoms. The smallest absolute Gasteiger partial charge is 0.308 e. The standard InChI is InChI=1S/C16H23NO3/c1-4-6-13(16(19)20)10-17-15(18)9-14-11(2)7-5-8-12(14)3/h5,7-8,13H,4,6,9-10H2,1-3H3,(H,17,18)(H,19,20).